The Bertz CT molecular complexity index is 1250. The Kier molecular flexibility index (Phi) is 5.37. The topological polar surface area (TPSA) is 74.1 Å². The Balaban J connectivity index is 1.13. The van der Waals surface area contributed by atoms with Crippen LogP contribution in [0.2, 0.25) is 0 Å². The molecule has 3 heterocycles. The second-order valence-electron chi connectivity index (χ2n) is 7.72. The molecule has 4 aromatic rings. The van der Waals surface area contributed by atoms with Crippen LogP contribution < -0.4 is 19.5 Å². The Morgan fingerprint density at radius 3 is 2.75 bits per heavy atom. The second-order valence-corrected chi connectivity index (χ2v) is 7.72. The monoisotopic (exact) mass is 429 g/mol. The van der Waals surface area contributed by atoms with Crippen LogP contribution in [0.25, 0.3) is 5.65 Å². The highest BCUT2D eigenvalue weighted by molar-refractivity contribution is 5.94. The number of imidazole rings is 1. The lowest BCUT2D eigenvalue weighted by atomic mass is 10.2. The van der Waals surface area contributed by atoms with Gasteiger partial charge in [0.2, 0.25) is 0 Å². The quantitative estimate of drug-likeness (QED) is 0.505. The average molecular weight is 429 g/mol. The van der Waals surface area contributed by atoms with E-state index >= 15 is 0 Å². The van der Waals surface area contributed by atoms with E-state index in [1.165, 1.54) is 5.56 Å². The highest BCUT2D eigenvalue weighted by Gasteiger charge is 2.21. The van der Waals surface area contributed by atoms with E-state index in [0.29, 0.717) is 36.8 Å². The lowest BCUT2D eigenvalue weighted by molar-refractivity contribution is 0.0789. The first-order valence-corrected chi connectivity index (χ1v) is 10.5. The standard InChI is InChI=1S/C25H23N3O4/c1-17-6-11-24-27-19(14-28(24)13-17)15-30-20-9-7-18(8-10-20)25(29)26-12-21-16-31-22-4-2-3-5-23(22)32-21/h2-11,13-14,21H,12,15-16H2,1H3,(H,26,29). The molecule has 0 bridgehead atoms. The zero-order valence-electron chi connectivity index (χ0n) is 17.7. The third-order valence-electron chi connectivity index (χ3n) is 5.21. The molecule has 5 rings (SSSR count). The molecule has 0 radical (unpaired) electrons. The van der Waals surface area contributed by atoms with Gasteiger partial charge in [0.25, 0.3) is 5.91 Å². The number of fused-ring (bicyclic) bond motifs is 2. The number of carbonyl (C=O) groups excluding carboxylic acids is 1. The second kappa shape index (κ2) is 8.63. The van der Waals surface area contributed by atoms with Gasteiger partial charge in [-0.2, -0.15) is 0 Å². The van der Waals surface area contributed by atoms with Crippen molar-refractivity contribution in [2.24, 2.45) is 0 Å². The lowest BCUT2D eigenvalue weighted by Gasteiger charge is -2.26. The van der Waals surface area contributed by atoms with Crippen molar-refractivity contribution in [1.29, 1.82) is 0 Å². The summed E-state index contributed by atoms with van der Waals surface area (Å²) in [6, 6.07) is 18.6. The van der Waals surface area contributed by atoms with Gasteiger partial charge >= 0.3 is 0 Å². The third kappa shape index (κ3) is 4.37. The first kappa shape index (κ1) is 19.9. The SMILES string of the molecule is Cc1ccc2nc(COc3ccc(C(=O)NCC4COc5ccccc5O4)cc3)cn2c1. The van der Waals surface area contributed by atoms with Crippen LogP contribution in [-0.2, 0) is 6.61 Å². The number of rotatable bonds is 6. The Labute approximate surface area is 185 Å². The lowest BCUT2D eigenvalue weighted by Crippen LogP contribution is -2.40. The molecule has 32 heavy (non-hydrogen) atoms. The van der Waals surface area contributed by atoms with Crippen LogP contribution in [0.3, 0.4) is 0 Å². The zero-order chi connectivity index (χ0) is 21.9. The van der Waals surface area contributed by atoms with Crippen LogP contribution in [0.15, 0.2) is 73.1 Å². The fourth-order valence-electron chi connectivity index (χ4n) is 3.56. The molecule has 1 unspecified atom stereocenters. The number of benzene rings is 2. The summed E-state index contributed by atoms with van der Waals surface area (Å²) in [4.78, 5) is 17.0. The Morgan fingerprint density at radius 2 is 1.91 bits per heavy atom. The summed E-state index contributed by atoms with van der Waals surface area (Å²) >= 11 is 0. The number of carbonyl (C=O) groups is 1. The Hall–Kier alpha value is -4.00. The van der Waals surface area contributed by atoms with Crippen molar-refractivity contribution in [3.8, 4) is 17.2 Å². The van der Waals surface area contributed by atoms with Crippen molar-refractivity contribution in [1.82, 2.24) is 14.7 Å². The molecule has 2 aromatic carbocycles. The van der Waals surface area contributed by atoms with Gasteiger partial charge in [0.15, 0.2) is 11.5 Å². The van der Waals surface area contributed by atoms with Gasteiger partial charge in [-0.25, -0.2) is 4.98 Å². The highest BCUT2D eigenvalue weighted by Crippen LogP contribution is 2.30. The number of pyridine rings is 1. The molecule has 1 N–H and O–H groups in total. The summed E-state index contributed by atoms with van der Waals surface area (Å²) in [5, 5.41) is 2.90. The van der Waals surface area contributed by atoms with Gasteiger partial charge in [0, 0.05) is 18.0 Å². The van der Waals surface area contributed by atoms with Crippen molar-refractivity contribution in [2.45, 2.75) is 19.6 Å². The minimum absolute atomic E-state index is 0.172. The maximum absolute atomic E-state index is 12.5. The van der Waals surface area contributed by atoms with Gasteiger partial charge in [-0.15, -0.1) is 0 Å². The van der Waals surface area contributed by atoms with Gasteiger partial charge < -0.3 is 23.9 Å². The van der Waals surface area contributed by atoms with Crippen LogP contribution in [0, 0.1) is 6.92 Å². The number of nitrogens with zero attached hydrogens (tertiary/aromatic N) is 2. The van der Waals surface area contributed by atoms with E-state index in [-0.39, 0.29) is 12.0 Å². The van der Waals surface area contributed by atoms with Crippen molar-refractivity contribution in [3.05, 3.63) is 89.9 Å². The van der Waals surface area contributed by atoms with E-state index in [1.54, 1.807) is 24.3 Å². The van der Waals surface area contributed by atoms with Gasteiger partial charge in [-0.1, -0.05) is 18.2 Å². The van der Waals surface area contributed by atoms with E-state index < -0.39 is 0 Å². The van der Waals surface area contributed by atoms with Crippen LogP contribution in [-0.4, -0.2) is 34.5 Å². The summed E-state index contributed by atoms with van der Waals surface area (Å²) in [5.41, 5.74) is 3.45. The number of nitrogens with one attached hydrogen (secondary N) is 1. The predicted octanol–water partition coefficient (Wildman–Crippen LogP) is 3.79. The van der Waals surface area contributed by atoms with Crippen molar-refractivity contribution in [2.75, 3.05) is 13.2 Å². The maximum Gasteiger partial charge on any atom is 0.251 e. The summed E-state index contributed by atoms with van der Waals surface area (Å²) in [6.45, 7) is 3.15. The molecular weight excluding hydrogens is 406 g/mol. The molecule has 1 atom stereocenters. The molecule has 0 fully saturated rings. The van der Waals surface area contributed by atoms with Crippen molar-refractivity contribution >= 4 is 11.6 Å². The zero-order valence-corrected chi connectivity index (χ0v) is 17.7. The fraction of sp³-hybridized carbons (Fsp3) is 0.200. The smallest absolute Gasteiger partial charge is 0.251 e. The molecule has 1 aliphatic rings. The van der Waals surface area contributed by atoms with Crippen LogP contribution in [0.1, 0.15) is 21.6 Å². The molecule has 7 nitrogen and oxygen atoms in total. The molecule has 1 amide bonds. The molecule has 0 spiro atoms. The van der Waals surface area contributed by atoms with E-state index in [0.717, 1.165) is 17.1 Å². The molecule has 162 valence electrons. The molecule has 1 aliphatic heterocycles. The normalized spacial score (nSPS) is 14.8. The van der Waals surface area contributed by atoms with Crippen molar-refractivity contribution < 1.29 is 19.0 Å². The summed E-state index contributed by atoms with van der Waals surface area (Å²) in [7, 11) is 0. The van der Waals surface area contributed by atoms with Gasteiger partial charge in [-0.3, -0.25) is 4.79 Å². The van der Waals surface area contributed by atoms with Crippen LogP contribution in [0.4, 0.5) is 0 Å². The fourth-order valence-corrected chi connectivity index (χ4v) is 3.56. The summed E-state index contributed by atoms with van der Waals surface area (Å²) in [6.07, 6.45) is 3.76. The molecule has 0 saturated carbocycles. The van der Waals surface area contributed by atoms with Crippen molar-refractivity contribution in [3.63, 3.8) is 0 Å². The minimum atomic E-state index is -0.231. The minimum Gasteiger partial charge on any atom is -0.487 e. The number of amides is 1. The van der Waals surface area contributed by atoms with E-state index in [9.17, 15) is 4.79 Å². The number of hydrogen-bond donors (Lipinski definition) is 1. The van der Waals surface area contributed by atoms with Gasteiger partial charge in [0.1, 0.15) is 30.7 Å². The van der Waals surface area contributed by atoms with Gasteiger partial charge in [-0.05, 0) is 55.0 Å². The van der Waals surface area contributed by atoms with E-state index in [1.807, 2.05) is 60.1 Å². The predicted molar refractivity (Wildman–Crippen MR) is 119 cm³/mol. The third-order valence-corrected chi connectivity index (χ3v) is 5.21. The molecular formula is C25H23N3O4. The van der Waals surface area contributed by atoms with Gasteiger partial charge in [0.05, 0.1) is 12.2 Å². The first-order valence-electron chi connectivity index (χ1n) is 10.5. The highest BCUT2D eigenvalue weighted by atomic mass is 16.6. The van der Waals surface area contributed by atoms with E-state index in [2.05, 4.69) is 10.3 Å². The number of hydrogen-bond acceptors (Lipinski definition) is 5. The number of ether oxygens (including phenoxy) is 3. The molecule has 7 heteroatoms. The maximum atomic E-state index is 12.5. The molecule has 0 aliphatic carbocycles. The summed E-state index contributed by atoms with van der Waals surface area (Å²) < 4.78 is 19.4. The molecule has 0 saturated heterocycles. The molecule has 2 aromatic heterocycles. The largest absolute Gasteiger partial charge is 0.487 e. The first-order chi connectivity index (χ1) is 15.6. The average Bonchev–Trinajstić information content (AvgIpc) is 3.23. The summed E-state index contributed by atoms with van der Waals surface area (Å²) in [5.74, 6) is 1.93. The van der Waals surface area contributed by atoms with Crippen LogP contribution >= 0.6 is 0 Å². The number of aryl methyl sites for hydroxylation is 1. The Morgan fingerprint density at radius 1 is 1.09 bits per heavy atom. The van der Waals surface area contributed by atoms with E-state index in [4.69, 9.17) is 14.2 Å². The number of aromatic nitrogens is 2. The number of para-hydroxylation sites is 2. The van der Waals surface area contributed by atoms with Crippen LogP contribution in [0.5, 0.6) is 17.2 Å².